The number of amides is 1. The molecule has 98 valence electrons. The molecule has 0 aliphatic heterocycles. The van der Waals surface area contributed by atoms with Crippen LogP contribution in [0.4, 0.5) is 5.69 Å². The first kappa shape index (κ1) is 13.8. The first-order chi connectivity index (χ1) is 8.97. The molecule has 4 nitrogen and oxygen atoms in total. The highest BCUT2D eigenvalue weighted by Gasteiger charge is 2.13. The molecule has 0 fully saturated rings. The lowest BCUT2D eigenvalue weighted by Gasteiger charge is -2.09. The number of pyridine rings is 1. The molecule has 1 aromatic heterocycles. The largest absolute Gasteiger partial charge is 0.507 e. The zero-order chi connectivity index (χ0) is 14.0. The van der Waals surface area contributed by atoms with E-state index >= 15 is 0 Å². The van der Waals surface area contributed by atoms with Gasteiger partial charge in [0.1, 0.15) is 10.4 Å². The molecule has 1 amide bonds. The molecule has 0 spiro atoms. The number of nitrogens with zero attached hydrogens (tertiary/aromatic N) is 1. The van der Waals surface area contributed by atoms with Gasteiger partial charge in [0.05, 0.1) is 16.9 Å². The molecule has 0 radical (unpaired) electrons. The Morgan fingerprint density at radius 2 is 2.11 bits per heavy atom. The van der Waals surface area contributed by atoms with Crippen LogP contribution in [-0.4, -0.2) is 16.0 Å². The Kier molecular flexibility index (Phi) is 4.07. The van der Waals surface area contributed by atoms with Crippen LogP contribution in [0.1, 0.15) is 16.1 Å². The van der Waals surface area contributed by atoms with Crippen molar-refractivity contribution in [3.05, 3.63) is 51.2 Å². The first-order valence-corrected chi connectivity index (χ1v) is 6.57. The molecule has 0 atom stereocenters. The number of anilines is 1. The minimum atomic E-state index is -0.415. The molecular formula is C13H10BrClN2O2. The summed E-state index contributed by atoms with van der Waals surface area (Å²) in [6.07, 6.45) is 0. The monoisotopic (exact) mass is 340 g/mol. The van der Waals surface area contributed by atoms with Crippen LogP contribution in [0.3, 0.4) is 0 Å². The van der Waals surface area contributed by atoms with Gasteiger partial charge in [-0.3, -0.25) is 4.79 Å². The number of benzene rings is 1. The summed E-state index contributed by atoms with van der Waals surface area (Å²) in [5.41, 5.74) is 1.42. The molecule has 19 heavy (non-hydrogen) atoms. The maximum Gasteiger partial charge on any atom is 0.259 e. The number of carbonyl (C=O) groups is 1. The molecule has 1 aromatic carbocycles. The van der Waals surface area contributed by atoms with Gasteiger partial charge >= 0.3 is 0 Å². The van der Waals surface area contributed by atoms with Gasteiger partial charge in [-0.2, -0.15) is 0 Å². The van der Waals surface area contributed by atoms with Gasteiger partial charge in [0.25, 0.3) is 5.91 Å². The maximum atomic E-state index is 12.0. The lowest BCUT2D eigenvalue weighted by Crippen LogP contribution is -2.13. The average Bonchev–Trinajstić information content (AvgIpc) is 2.32. The van der Waals surface area contributed by atoms with Crippen molar-refractivity contribution in [2.45, 2.75) is 6.92 Å². The normalized spacial score (nSPS) is 10.3. The second kappa shape index (κ2) is 5.59. The number of hydrogen-bond donors (Lipinski definition) is 2. The number of halogens is 2. The van der Waals surface area contributed by atoms with Gasteiger partial charge in [0.2, 0.25) is 0 Å². The number of phenolic OH excluding ortho intramolecular Hbond substituents is 1. The Labute approximate surface area is 123 Å². The van der Waals surface area contributed by atoms with Crippen molar-refractivity contribution in [2.75, 3.05) is 5.32 Å². The van der Waals surface area contributed by atoms with Crippen LogP contribution in [0, 0.1) is 6.92 Å². The predicted octanol–water partition coefficient (Wildman–Crippen LogP) is 3.76. The van der Waals surface area contributed by atoms with Crippen LogP contribution in [0.5, 0.6) is 5.75 Å². The molecule has 2 rings (SSSR count). The van der Waals surface area contributed by atoms with E-state index in [-0.39, 0.29) is 11.3 Å². The summed E-state index contributed by atoms with van der Waals surface area (Å²) in [4.78, 5) is 16.2. The highest BCUT2D eigenvalue weighted by atomic mass is 79.9. The molecule has 0 bridgehead atoms. The topological polar surface area (TPSA) is 62.2 Å². The molecule has 6 heteroatoms. The number of aromatic nitrogens is 1. The highest BCUT2D eigenvalue weighted by Crippen LogP contribution is 2.24. The van der Waals surface area contributed by atoms with Gasteiger partial charge in [-0.05, 0) is 53.2 Å². The Bertz CT molecular complexity index is 647. The van der Waals surface area contributed by atoms with Crippen molar-refractivity contribution in [2.24, 2.45) is 0 Å². The second-order valence-electron chi connectivity index (χ2n) is 3.88. The Morgan fingerprint density at radius 3 is 2.74 bits per heavy atom. The minimum absolute atomic E-state index is 0.159. The summed E-state index contributed by atoms with van der Waals surface area (Å²) < 4.78 is 0.692. The van der Waals surface area contributed by atoms with Gasteiger partial charge in [-0.25, -0.2) is 4.98 Å². The second-order valence-corrected chi connectivity index (χ2v) is 5.13. The number of rotatable bonds is 2. The smallest absolute Gasteiger partial charge is 0.259 e. The zero-order valence-electron chi connectivity index (χ0n) is 9.95. The quantitative estimate of drug-likeness (QED) is 0.818. The van der Waals surface area contributed by atoms with E-state index in [4.69, 9.17) is 11.6 Å². The Hall–Kier alpha value is -1.59. The number of phenols is 1. The standard InChI is InChI=1S/C13H10BrClN2O2/c1-7-10(4-5-12(14)16-7)17-13(19)9-3-2-8(15)6-11(9)18/h2-6,18H,1H3,(H,17,19). The van der Waals surface area contributed by atoms with Crippen molar-refractivity contribution in [3.8, 4) is 5.75 Å². The van der Waals surface area contributed by atoms with Crippen molar-refractivity contribution in [1.29, 1.82) is 0 Å². The van der Waals surface area contributed by atoms with Crippen molar-refractivity contribution < 1.29 is 9.90 Å². The van der Waals surface area contributed by atoms with E-state index in [9.17, 15) is 9.90 Å². The van der Waals surface area contributed by atoms with Crippen LogP contribution in [-0.2, 0) is 0 Å². The molecule has 0 saturated heterocycles. The third-order valence-electron chi connectivity index (χ3n) is 2.50. The summed E-state index contributed by atoms with van der Waals surface area (Å²) >= 11 is 8.97. The first-order valence-electron chi connectivity index (χ1n) is 5.40. The fourth-order valence-corrected chi connectivity index (χ4v) is 2.11. The van der Waals surface area contributed by atoms with Crippen LogP contribution in [0.15, 0.2) is 34.9 Å². The van der Waals surface area contributed by atoms with Gasteiger partial charge in [-0.1, -0.05) is 11.6 Å². The van der Waals surface area contributed by atoms with E-state index in [1.807, 2.05) is 0 Å². The maximum absolute atomic E-state index is 12.0. The molecule has 2 aromatic rings. The lowest BCUT2D eigenvalue weighted by molar-refractivity contribution is 0.102. The summed E-state index contributed by atoms with van der Waals surface area (Å²) in [6, 6.07) is 7.79. The number of carbonyl (C=O) groups excluding carboxylic acids is 1. The molecule has 0 saturated carbocycles. The highest BCUT2D eigenvalue weighted by molar-refractivity contribution is 9.10. The summed E-state index contributed by atoms with van der Waals surface area (Å²) in [5.74, 6) is -0.575. The number of nitrogens with one attached hydrogen (secondary N) is 1. The average molecular weight is 342 g/mol. The zero-order valence-corrected chi connectivity index (χ0v) is 12.3. The molecule has 1 heterocycles. The lowest BCUT2D eigenvalue weighted by atomic mass is 10.2. The van der Waals surface area contributed by atoms with Crippen LogP contribution in [0.25, 0.3) is 0 Å². The minimum Gasteiger partial charge on any atom is -0.507 e. The molecule has 0 aliphatic carbocycles. The third kappa shape index (κ3) is 3.24. The number of hydrogen-bond acceptors (Lipinski definition) is 3. The Balaban J connectivity index is 2.25. The summed E-state index contributed by atoms with van der Waals surface area (Å²) in [7, 11) is 0. The van der Waals surface area contributed by atoms with E-state index in [1.54, 1.807) is 25.1 Å². The van der Waals surface area contributed by atoms with Crippen LogP contribution >= 0.6 is 27.5 Å². The van der Waals surface area contributed by atoms with Gasteiger partial charge in [0, 0.05) is 5.02 Å². The SMILES string of the molecule is Cc1nc(Br)ccc1NC(=O)c1ccc(Cl)cc1O. The van der Waals surface area contributed by atoms with Gasteiger partial charge in [-0.15, -0.1) is 0 Å². The molecule has 0 aliphatic rings. The van der Waals surface area contributed by atoms with E-state index < -0.39 is 5.91 Å². The fourth-order valence-electron chi connectivity index (χ4n) is 1.55. The molecular weight excluding hydrogens is 332 g/mol. The van der Waals surface area contributed by atoms with Gasteiger partial charge in [0.15, 0.2) is 0 Å². The molecule has 0 unspecified atom stereocenters. The van der Waals surface area contributed by atoms with Crippen LogP contribution in [0.2, 0.25) is 5.02 Å². The van der Waals surface area contributed by atoms with Crippen molar-refractivity contribution in [1.82, 2.24) is 4.98 Å². The Morgan fingerprint density at radius 1 is 1.37 bits per heavy atom. The number of aromatic hydroxyl groups is 1. The fraction of sp³-hybridized carbons (Fsp3) is 0.0769. The van der Waals surface area contributed by atoms with Crippen molar-refractivity contribution >= 4 is 39.1 Å². The predicted molar refractivity (Wildman–Crippen MR) is 77.7 cm³/mol. The van der Waals surface area contributed by atoms with E-state index in [0.29, 0.717) is 21.0 Å². The van der Waals surface area contributed by atoms with E-state index in [0.717, 1.165) is 0 Å². The van der Waals surface area contributed by atoms with E-state index in [1.165, 1.54) is 12.1 Å². The van der Waals surface area contributed by atoms with Crippen LogP contribution < -0.4 is 5.32 Å². The molecule has 2 N–H and O–H groups in total. The third-order valence-corrected chi connectivity index (χ3v) is 3.18. The van der Waals surface area contributed by atoms with Gasteiger partial charge < -0.3 is 10.4 Å². The summed E-state index contributed by atoms with van der Waals surface area (Å²) in [5, 5.41) is 12.7. The van der Waals surface area contributed by atoms with Crippen molar-refractivity contribution in [3.63, 3.8) is 0 Å². The summed E-state index contributed by atoms with van der Waals surface area (Å²) in [6.45, 7) is 1.78. The number of aryl methyl sites for hydroxylation is 1. The van der Waals surface area contributed by atoms with E-state index in [2.05, 4.69) is 26.2 Å².